The van der Waals surface area contributed by atoms with Crippen molar-refractivity contribution in [1.29, 1.82) is 0 Å². The van der Waals surface area contributed by atoms with Crippen LogP contribution >= 0.6 is 11.3 Å². The number of rotatable bonds is 8. The quantitative estimate of drug-likeness (QED) is 0.416. The number of carbonyl (C=O) groups excluding carboxylic acids is 1. The molecule has 0 spiro atoms. The van der Waals surface area contributed by atoms with Crippen LogP contribution in [0.4, 0.5) is 9.93 Å². The predicted molar refractivity (Wildman–Crippen MR) is 129 cm³/mol. The van der Waals surface area contributed by atoms with Crippen LogP contribution in [-0.4, -0.2) is 47.7 Å². The molecule has 11 heteroatoms. The fourth-order valence-corrected chi connectivity index (χ4v) is 4.58. The number of nitrogens with one attached hydrogen (secondary N) is 3. The van der Waals surface area contributed by atoms with Crippen molar-refractivity contribution in [1.82, 2.24) is 25.6 Å². The average Bonchev–Trinajstić information content (AvgIpc) is 3.45. The summed E-state index contributed by atoms with van der Waals surface area (Å²) in [5.74, 6) is 0. The van der Waals surface area contributed by atoms with E-state index in [0.717, 1.165) is 40.2 Å². The van der Waals surface area contributed by atoms with Crippen LogP contribution in [0, 0.1) is 0 Å². The van der Waals surface area contributed by atoms with Gasteiger partial charge in [-0.1, -0.05) is 35.6 Å². The van der Waals surface area contributed by atoms with Crippen molar-refractivity contribution in [3.63, 3.8) is 0 Å². The predicted octanol–water partition coefficient (Wildman–Crippen LogP) is 3.45. The molecule has 3 N–H and O–H groups in total. The number of aromatic nitrogens is 3. The summed E-state index contributed by atoms with van der Waals surface area (Å²) in [6.45, 7) is 4.31. The van der Waals surface area contributed by atoms with Gasteiger partial charge in [-0.15, -0.1) is 0 Å². The molecule has 33 heavy (non-hydrogen) atoms. The van der Waals surface area contributed by atoms with Gasteiger partial charge in [0, 0.05) is 36.6 Å². The fourth-order valence-electron chi connectivity index (χ4n) is 3.13. The van der Waals surface area contributed by atoms with E-state index in [0.29, 0.717) is 11.4 Å². The summed E-state index contributed by atoms with van der Waals surface area (Å²) in [7, 11) is -3.65. The van der Waals surface area contributed by atoms with Gasteiger partial charge in [-0.25, -0.2) is 28.2 Å². The van der Waals surface area contributed by atoms with Gasteiger partial charge in [-0.3, -0.25) is 0 Å². The smallest absolute Gasteiger partial charge is 0.315 e. The van der Waals surface area contributed by atoms with Gasteiger partial charge in [0.2, 0.25) is 15.0 Å². The van der Waals surface area contributed by atoms with Gasteiger partial charge in [0.1, 0.15) is 0 Å². The van der Waals surface area contributed by atoms with Crippen LogP contribution in [0.5, 0.6) is 0 Å². The van der Waals surface area contributed by atoms with Crippen molar-refractivity contribution in [2.75, 3.05) is 11.6 Å². The van der Waals surface area contributed by atoms with Crippen molar-refractivity contribution in [2.45, 2.75) is 50.5 Å². The second-order valence-corrected chi connectivity index (χ2v) is 11.2. The first-order chi connectivity index (χ1) is 15.7. The van der Waals surface area contributed by atoms with E-state index in [1.54, 1.807) is 12.3 Å². The SMILES string of the molecule is CC(C)Nc1ncc(-c2cc(-c3ccccc3CNC(=O)NC3CC3)nc(S(C)(=O)=O)n2)s1. The minimum atomic E-state index is -3.65. The molecule has 1 aliphatic carbocycles. The molecule has 1 saturated carbocycles. The summed E-state index contributed by atoms with van der Waals surface area (Å²) in [4.78, 5) is 25.8. The van der Waals surface area contributed by atoms with E-state index in [1.807, 2.05) is 38.1 Å². The minimum Gasteiger partial charge on any atom is -0.359 e. The van der Waals surface area contributed by atoms with Gasteiger partial charge >= 0.3 is 6.03 Å². The van der Waals surface area contributed by atoms with E-state index in [1.165, 1.54) is 11.3 Å². The highest BCUT2D eigenvalue weighted by Crippen LogP contribution is 2.32. The maximum atomic E-state index is 12.3. The molecule has 0 radical (unpaired) electrons. The zero-order valence-electron chi connectivity index (χ0n) is 18.6. The van der Waals surface area contributed by atoms with Crippen molar-refractivity contribution in [3.8, 4) is 21.8 Å². The van der Waals surface area contributed by atoms with Gasteiger partial charge in [-0.2, -0.15) is 0 Å². The lowest BCUT2D eigenvalue weighted by atomic mass is 10.0. The summed E-state index contributed by atoms with van der Waals surface area (Å²) in [6, 6.07) is 9.46. The summed E-state index contributed by atoms with van der Waals surface area (Å²) >= 11 is 1.39. The van der Waals surface area contributed by atoms with E-state index in [2.05, 4.69) is 30.9 Å². The topological polar surface area (TPSA) is 126 Å². The molecule has 0 aliphatic heterocycles. The molecular weight excluding hydrogens is 460 g/mol. The number of nitrogens with zero attached hydrogens (tertiary/aromatic N) is 3. The molecule has 0 bridgehead atoms. The van der Waals surface area contributed by atoms with Gasteiger partial charge < -0.3 is 16.0 Å². The molecule has 1 aliphatic rings. The van der Waals surface area contributed by atoms with Crippen LogP contribution in [0.15, 0.2) is 41.7 Å². The normalized spacial score (nSPS) is 13.7. The lowest BCUT2D eigenvalue weighted by Gasteiger charge is -2.12. The number of hydrogen-bond acceptors (Lipinski definition) is 8. The van der Waals surface area contributed by atoms with Crippen LogP contribution in [-0.2, 0) is 16.4 Å². The van der Waals surface area contributed by atoms with E-state index < -0.39 is 9.84 Å². The molecule has 1 fully saturated rings. The Kier molecular flexibility index (Phi) is 6.61. The fraction of sp³-hybridized carbons (Fsp3) is 0.364. The number of anilines is 1. The van der Waals surface area contributed by atoms with Crippen molar-refractivity contribution in [2.24, 2.45) is 0 Å². The third-order valence-corrected chi connectivity index (χ3v) is 6.65. The van der Waals surface area contributed by atoms with Crippen LogP contribution < -0.4 is 16.0 Å². The summed E-state index contributed by atoms with van der Waals surface area (Å²) < 4.78 is 24.7. The van der Waals surface area contributed by atoms with Crippen LogP contribution in [0.3, 0.4) is 0 Å². The Balaban J connectivity index is 1.69. The second kappa shape index (κ2) is 9.44. The molecule has 3 aromatic rings. The lowest BCUT2D eigenvalue weighted by molar-refractivity contribution is 0.240. The second-order valence-electron chi connectivity index (χ2n) is 8.28. The number of benzene rings is 1. The zero-order chi connectivity index (χ0) is 23.6. The third kappa shape index (κ3) is 6.05. The Labute approximate surface area is 197 Å². The molecule has 1 aromatic carbocycles. The first-order valence-electron chi connectivity index (χ1n) is 10.6. The van der Waals surface area contributed by atoms with Crippen molar-refractivity contribution >= 4 is 32.3 Å². The first-order valence-corrected chi connectivity index (χ1v) is 13.3. The Morgan fingerprint density at radius 3 is 2.61 bits per heavy atom. The Morgan fingerprint density at radius 1 is 1.18 bits per heavy atom. The van der Waals surface area contributed by atoms with Gasteiger partial charge in [0.25, 0.3) is 0 Å². The maximum absolute atomic E-state index is 12.3. The van der Waals surface area contributed by atoms with E-state index in [9.17, 15) is 13.2 Å². The zero-order valence-corrected chi connectivity index (χ0v) is 20.3. The number of thiazole rings is 1. The summed E-state index contributed by atoms with van der Waals surface area (Å²) in [6.07, 6.45) is 4.77. The molecule has 174 valence electrons. The Hall–Kier alpha value is -3.05. The number of amides is 2. The maximum Gasteiger partial charge on any atom is 0.315 e. The Morgan fingerprint density at radius 2 is 1.91 bits per heavy atom. The molecule has 2 heterocycles. The largest absolute Gasteiger partial charge is 0.359 e. The Bertz CT molecular complexity index is 1270. The van der Waals surface area contributed by atoms with Crippen molar-refractivity contribution < 1.29 is 13.2 Å². The monoisotopic (exact) mass is 486 g/mol. The molecule has 4 rings (SSSR count). The average molecular weight is 487 g/mol. The molecule has 0 saturated heterocycles. The van der Waals surface area contributed by atoms with Crippen LogP contribution in [0.2, 0.25) is 0 Å². The molecule has 0 atom stereocenters. The van der Waals surface area contributed by atoms with Crippen LogP contribution in [0.25, 0.3) is 21.8 Å². The third-order valence-electron chi connectivity index (χ3n) is 4.85. The number of urea groups is 1. The van der Waals surface area contributed by atoms with E-state index in [4.69, 9.17) is 0 Å². The molecule has 9 nitrogen and oxygen atoms in total. The molecule has 2 aromatic heterocycles. The van der Waals surface area contributed by atoms with Crippen molar-refractivity contribution in [3.05, 3.63) is 42.1 Å². The van der Waals surface area contributed by atoms with E-state index >= 15 is 0 Å². The summed E-state index contributed by atoms with van der Waals surface area (Å²) in [5.41, 5.74) is 2.48. The summed E-state index contributed by atoms with van der Waals surface area (Å²) in [5, 5.41) is 9.47. The van der Waals surface area contributed by atoms with Gasteiger partial charge in [0.15, 0.2) is 5.13 Å². The highest BCUT2D eigenvalue weighted by atomic mass is 32.2. The molecule has 0 unspecified atom stereocenters. The minimum absolute atomic E-state index is 0.216. The van der Waals surface area contributed by atoms with Crippen LogP contribution in [0.1, 0.15) is 32.3 Å². The van der Waals surface area contributed by atoms with Gasteiger partial charge in [0.05, 0.1) is 16.3 Å². The number of sulfone groups is 1. The first kappa shape index (κ1) is 23.1. The standard InChI is InChI=1S/C22H26N6O3S2/c1-13(2)25-21-24-12-19(32-21)18-10-17(27-22(28-18)33(3,30)31)16-7-5-4-6-14(16)11-23-20(29)26-15-8-9-15/h4-7,10,12-13,15H,8-9,11H2,1-3H3,(H,24,25)(H2,23,26,29). The highest BCUT2D eigenvalue weighted by molar-refractivity contribution is 7.90. The molecular formula is C22H26N6O3S2. The lowest BCUT2D eigenvalue weighted by Crippen LogP contribution is -2.36. The number of hydrogen-bond donors (Lipinski definition) is 3. The number of carbonyl (C=O) groups is 1. The highest BCUT2D eigenvalue weighted by Gasteiger charge is 2.23. The van der Waals surface area contributed by atoms with E-state index in [-0.39, 0.29) is 29.8 Å². The van der Waals surface area contributed by atoms with Gasteiger partial charge in [-0.05, 0) is 38.3 Å². The molecule has 2 amide bonds.